The zero-order valence-electron chi connectivity index (χ0n) is 14.7. The van der Waals surface area contributed by atoms with E-state index in [1.54, 1.807) is 7.11 Å². The largest absolute Gasteiger partial charge is 0.497 e. The molecule has 26 heavy (non-hydrogen) atoms. The first-order valence-corrected chi connectivity index (χ1v) is 8.43. The Bertz CT molecular complexity index is 1040. The number of anilines is 1. The number of benzene rings is 2. The third-order valence-corrected chi connectivity index (χ3v) is 4.28. The Kier molecular flexibility index (Phi) is 4.27. The van der Waals surface area contributed by atoms with Crippen LogP contribution < -0.4 is 10.1 Å². The van der Waals surface area contributed by atoms with Gasteiger partial charge in [0.25, 0.3) is 0 Å². The van der Waals surface area contributed by atoms with E-state index in [9.17, 15) is 0 Å². The normalized spacial score (nSPS) is 10.8. The number of hydrogen-bond donors (Lipinski definition) is 1. The Hall–Kier alpha value is -3.34. The standard InChI is InChI=1S/C21H19N3O2/c1-14-7-10-17(26-14)13-22-21-19-6-4-3-5-18(19)20(23-24-21)15-8-11-16(25-2)12-9-15/h3-12H,13H2,1-2H3,(H,22,24). The van der Waals surface area contributed by atoms with Crippen LogP contribution in [0.5, 0.6) is 5.75 Å². The molecule has 5 nitrogen and oxygen atoms in total. The number of rotatable bonds is 5. The van der Waals surface area contributed by atoms with Gasteiger partial charge in [-0.1, -0.05) is 24.3 Å². The molecule has 0 aliphatic heterocycles. The van der Waals surface area contributed by atoms with Crippen LogP contribution >= 0.6 is 0 Å². The number of methoxy groups -OCH3 is 1. The van der Waals surface area contributed by atoms with Gasteiger partial charge in [0.2, 0.25) is 0 Å². The third-order valence-electron chi connectivity index (χ3n) is 4.28. The molecule has 0 spiro atoms. The molecule has 0 saturated carbocycles. The minimum atomic E-state index is 0.564. The maximum absolute atomic E-state index is 5.61. The molecule has 0 aliphatic carbocycles. The van der Waals surface area contributed by atoms with Gasteiger partial charge in [0, 0.05) is 16.3 Å². The van der Waals surface area contributed by atoms with E-state index in [2.05, 4.69) is 21.6 Å². The average molecular weight is 345 g/mol. The van der Waals surface area contributed by atoms with Crippen molar-refractivity contribution >= 4 is 16.6 Å². The van der Waals surface area contributed by atoms with E-state index in [4.69, 9.17) is 9.15 Å². The Labute approximate surface area is 151 Å². The van der Waals surface area contributed by atoms with Crippen LogP contribution in [0.1, 0.15) is 11.5 Å². The molecule has 0 saturated heterocycles. The van der Waals surface area contributed by atoms with Gasteiger partial charge < -0.3 is 14.5 Å². The Balaban J connectivity index is 1.70. The Morgan fingerprint density at radius 3 is 2.38 bits per heavy atom. The van der Waals surface area contributed by atoms with Gasteiger partial charge in [-0.15, -0.1) is 10.2 Å². The number of ether oxygens (including phenoxy) is 1. The molecule has 5 heteroatoms. The first-order chi connectivity index (χ1) is 12.7. The summed E-state index contributed by atoms with van der Waals surface area (Å²) in [5.74, 6) is 3.32. The summed E-state index contributed by atoms with van der Waals surface area (Å²) >= 11 is 0. The smallest absolute Gasteiger partial charge is 0.156 e. The second-order valence-corrected chi connectivity index (χ2v) is 6.04. The van der Waals surface area contributed by atoms with Crippen LogP contribution in [0.25, 0.3) is 22.0 Å². The number of nitrogens with one attached hydrogen (secondary N) is 1. The lowest BCUT2D eigenvalue weighted by atomic mass is 10.0. The highest BCUT2D eigenvalue weighted by Gasteiger charge is 2.11. The monoisotopic (exact) mass is 345 g/mol. The van der Waals surface area contributed by atoms with E-state index in [0.29, 0.717) is 6.54 Å². The lowest BCUT2D eigenvalue weighted by Crippen LogP contribution is -2.03. The summed E-state index contributed by atoms with van der Waals surface area (Å²) in [6.45, 7) is 2.50. The van der Waals surface area contributed by atoms with Gasteiger partial charge in [-0.05, 0) is 43.3 Å². The molecule has 4 rings (SSSR count). The predicted octanol–water partition coefficient (Wildman–Crippen LogP) is 4.82. The van der Waals surface area contributed by atoms with Gasteiger partial charge in [-0.25, -0.2) is 0 Å². The van der Waals surface area contributed by atoms with E-state index in [1.807, 2.05) is 61.5 Å². The molecule has 0 unspecified atom stereocenters. The van der Waals surface area contributed by atoms with Crippen LogP contribution in [-0.2, 0) is 6.54 Å². The Morgan fingerprint density at radius 1 is 0.923 bits per heavy atom. The highest BCUT2D eigenvalue weighted by atomic mass is 16.5. The summed E-state index contributed by atoms with van der Waals surface area (Å²) in [5, 5.41) is 14.3. The van der Waals surface area contributed by atoms with Gasteiger partial charge in [-0.3, -0.25) is 0 Å². The van der Waals surface area contributed by atoms with Crippen LogP contribution in [-0.4, -0.2) is 17.3 Å². The number of fused-ring (bicyclic) bond motifs is 1. The first kappa shape index (κ1) is 16.1. The van der Waals surface area contributed by atoms with E-state index in [1.165, 1.54) is 0 Å². The van der Waals surface area contributed by atoms with Crippen LogP contribution in [0.2, 0.25) is 0 Å². The predicted molar refractivity (Wildman–Crippen MR) is 102 cm³/mol. The quantitative estimate of drug-likeness (QED) is 0.562. The molecule has 2 aromatic heterocycles. The number of aromatic nitrogens is 2. The lowest BCUT2D eigenvalue weighted by Gasteiger charge is -2.11. The van der Waals surface area contributed by atoms with Crippen molar-refractivity contribution in [2.45, 2.75) is 13.5 Å². The van der Waals surface area contributed by atoms with Gasteiger partial charge in [0.1, 0.15) is 23.0 Å². The summed E-state index contributed by atoms with van der Waals surface area (Å²) < 4.78 is 10.8. The van der Waals surface area contributed by atoms with Crippen LogP contribution in [0.4, 0.5) is 5.82 Å². The summed E-state index contributed by atoms with van der Waals surface area (Å²) in [6.07, 6.45) is 0. The molecule has 1 N–H and O–H groups in total. The Morgan fingerprint density at radius 2 is 1.69 bits per heavy atom. The fourth-order valence-corrected chi connectivity index (χ4v) is 2.95. The minimum Gasteiger partial charge on any atom is -0.497 e. The number of furan rings is 1. The van der Waals surface area contributed by atoms with Gasteiger partial charge in [-0.2, -0.15) is 0 Å². The van der Waals surface area contributed by atoms with Crippen LogP contribution in [0.3, 0.4) is 0 Å². The van der Waals surface area contributed by atoms with E-state index >= 15 is 0 Å². The molecule has 0 radical (unpaired) electrons. The fraction of sp³-hybridized carbons (Fsp3) is 0.143. The summed E-state index contributed by atoms with van der Waals surface area (Å²) in [5.41, 5.74) is 1.85. The van der Waals surface area contributed by atoms with Crippen molar-refractivity contribution in [2.75, 3.05) is 12.4 Å². The van der Waals surface area contributed by atoms with Crippen molar-refractivity contribution in [1.29, 1.82) is 0 Å². The topological polar surface area (TPSA) is 60.2 Å². The van der Waals surface area contributed by atoms with Crippen molar-refractivity contribution in [3.63, 3.8) is 0 Å². The van der Waals surface area contributed by atoms with Crippen molar-refractivity contribution in [2.24, 2.45) is 0 Å². The maximum atomic E-state index is 5.61. The molecule has 2 heterocycles. The third kappa shape index (κ3) is 3.11. The minimum absolute atomic E-state index is 0.564. The van der Waals surface area contributed by atoms with Crippen molar-refractivity contribution < 1.29 is 9.15 Å². The maximum Gasteiger partial charge on any atom is 0.156 e. The number of nitrogens with zero attached hydrogens (tertiary/aromatic N) is 2. The molecule has 0 bridgehead atoms. The lowest BCUT2D eigenvalue weighted by molar-refractivity contribution is 0.415. The zero-order valence-corrected chi connectivity index (χ0v) is 14.7. The highest BCUT2D eigenvalue weighted by molar-refractivity contribution is 6.00. The summed E-state index contributed by atoms with van der Waals surface area (Å²) in [4.78, 5) is 0. The molecule has 4 aromatic rings. The molecule has 0 atom stereocenters. The van der Waals surface area contributed by atoms with Gasteiger partial charge in [0.15, 0.2) is 5.82 Å². The van der Waals surface area contributed by atoms with E-state index < -0.39 is 0 Å². The van der Waals surface area contributed by atoms with Crippen molar-refractivity contribution in [1.82, 2.24) is 10.2 Å². The SMILES string of the molecule is COc1ccc(-c2nnc(NCc3ccc(C)o3)c3ccccc23)cc1. The molecule has 0 aliphatic rings. The first-order valence-electron chi connectivity index (χ1n) is 8.43. The summed E-state index contributed by atoms with van der Waals surface area (Å²) in [6, 6.07) is 19.9. The fourth-order valence-electron chi connectivity index (χ4n) is 2.95. The van der Waals surface area contributed by atoms with Gasteiger partial charge in [0.05, 0.1) is 13.7 Å². The molecular formula is C21H19N3O2. The van der Waals surface area contributed by atoms with Crippen molar-refractivity contribution in [3.05, 3.63) is 72.2 Å². The van der Waals surface area contributed by atoms with Crippen molar-refractivity contribution in [3.8, 4) is 17.0 Å². The van der Waals surface area contributed by atoms with Gasteiger partial charge >= 0.3 is 0 Å². The van der Waals surface area contributed by atoms with Crippen LogP contribution in [0.15, 0.2) is 65.1 Å². The van der Waals surface area contributed by atoms with Crippen LogP contribution in [0, 0.1) is 6.92 Å². The molecule has 2 aromatic carbocycles. The zero-order chi connectivity index (χ0) is 17.9. The second kappa shape index (κ2) is 6.88. The molecule has 0 amide bonds. The molecule has 0 fully saturated rings. The molecular weight excluding hydrogens is 326 g/mol. The average Bonchev–Trinajstić information content (AvgIpc) is 3.11. The molecule has 130 valence electrons. The van der Waals surface area contributed by atoms with E-state index in [0.717, 1.165) is 45.1 Å². The highest BCUT2D eigenvalue weighted by Crippen LogP contribution is 2.30. The number of aryl methyl sites for hydroxylation is 1. The number of hydrogen-bond acceptors (Lipinski definition) is 5. The summed E-state index contributed by atoms with van der Waals surface area (Å²) in [7, 11) is 1.66. The second-order valence-electron chi connectivity index (χ2n) is 6.04. The van der Waals surface area contributed by atoms with E-state index in [-0.39, 0.29) is 0 Å².